The van der Waals surface area contributed by atoms with Crippen molar-refractivity contribution in [1.82, 2.24) is 0 Å². The van der Waals surface area contributed by atoms with Crippen LogP contribution in [0, 0.1) is 29.1 Å². The van der Waals surface area contributed by atoms with Crippen LogP contribution in [-0.4, -0.2) is 0 Å². The molecule has 6 unspecified atom stereocenters. The number of fused-ring (bicyclic) bond motifs is 8. The van der Waals surface area contributed by atoms with E-state index in [-0.39, 0.29) is 16.2 Å². The summed E-state index contributed by atoms with van der Waals surface area (Å²) in [4.78, 5) is 2.57. The SMILES string of the molecule is CC1(C)CCC(C)(C)c2c(N(c3ccccc3)c3ccc4c(c3)C3(c5cccc(-c6ccccc6)c5O4)C4CC5CC6CC3C64C5)cccc21. The predicted molar refractivity (Wildman–Crippen MR) is 204 cm³/mol. The lowest BCUT2D eigenvalue weighted by atomic mass is 9.26. The fourth-order valence-corrected chi connectivity index (χ4v) is 13.0. The Balaban J connectivity index is 1.15. The smallest absolute Gasteiger partial charge is 0.139 e. The number of anilines is 3. The number of para-hydroxylation sites is 2. The van der Waals surface area contributed by atoms with Gasteiger partial charge in [0.15, 0.2) is 0 Å². The van der Waals surface area contributed by atoms with Gasteiger partial charge in [-0.05, 0) is 132 Å². The first-order chi connectivity index (χ1) is 24.2. The van der Waals surface area contributed by atoms with Crippen molar-refractivity contribution in [1.29, 1.82) is 0 Å². The Kier molecular flexibility index (Phi) is 5.72. The first kappa shape index (κ1) is 29.4. The molecule has 2 bridgehead atoms. The zero-order valence-electron chi connectivity index (χ0n) is 29.9. The highest BCUT2D eigenvalue weighted by molar-refractivity contribution is 5.83. The Morgan fingerprint density at radius 3 is 2.14 bits per heavy atom. The molecule has 2 heteroatoms. The predicted octanol–water partition coefficient (Wildman–Crippen LogP) is 12.6. The van der Waals surface area contributed by atoms with Crippen LogP contribution in [-0.2, 0) is 16.2 Å². The number of rotatable bonds is 4. The number of benzene rings is 5. The van der Waals surface area contributed by atoms with Crippen molar-refractivity contribution < 1.29 is 4.74 Å². The summed E-state index contributed by atoms with van der Waals surface area (Å²) >= 11 is 0. The summed E-state index contributed by atoms with van der Waals surface area (Å²) in [5.74, 6) is 5.37. The van der Waals surface area contributed by atoms with Gasteiger partial charge in [0.2, 0.25) is 0 Å². The van der Waals surface area contributed by atoms with Crippen molar-refractivity contribution in [3.8, 4) is 22.6 Å². The Morgan fingerprint density at radius 2 is 1.34 bits per heavy atom. The Bertz CT molecular complexity index is 2200. The van der Waals surface area contributed by atoms with Crippen molar-refractivity contribution in [2.75, 3.05) is 4.90 Å². The highest BCUT2D eigenvalue weighted by Gasteiger charge is 2.84. The molecule has 4 fully saturated rings. The summed E-state index contributed by atoms with van der Waals surface area (Å²) in [6.45, 7) is 9.79. The molecule has 4 saturated carbocycles. The zero-order chi connectivity index (χ0) is 33.6. The Labute approximate surface area is 297 Å². The summed E-state index contributed by atoms with van der Waals surface area (Å²) in [5.41, 5.74) is 12.9. The third-order valence-electron chi connectivity index (χ3n) is 15.0. The summed E-state index contributed by atoms with van der Waals surface area (Å²) < 4.78 is 7.16. The molecule has 5 aromatic rings. The molecule has 0 radical (unpaired) electrons. The quantitative estimate of drug-likeness (QED) is 0.191. The molecule has 0 amide bonds. The minimum absolute atomic E-state index is 0.00484. The van der Waals surface area contributed by atoms with Crippen molar-refractivity contribution >= 4 is 17.1 Å². The topological polar surface area (TPSA) is 12.5 Å². The maximum atomic E-state index is 7.16. The van der Waals surface area contributed by atoms with Crippen LogP contribution in [0.1, 0.15) is 88.5 Å². The second-order valence-electron chi connectivity index (χ2n) is 18.0. The molecular formula is C48H47NO. The van der Waals surface area contributed by atoms with Crippen LogP contribution >= 0.6 is 0 Å². The van der Waals surface area contributed by atoms with Crippen molar-refractivity contribution in [2.45, 2.75) is 82.5 Å². The lowest BCUT2D eigenvalue weighted by molar-refractivity contribution is -0.235. The van der Waals surface area contributed by atoms with Gasteiger partial charge < -0.3 is 9.64 Å². The molecule has 11 rings (SSSR count). The third-order valence-corrected chi connectivity index (χ3v) is 15.0. The molecule has 6 aliphatic rings. The molecular weight excluding hydrogens is 607 g/mol. The first-order valence-electron chi connectivity index (χ1n) is 19.2. The van der Waals surface area contributed by atoms with E-state index in [0.717, 1.165) is 23.3 Å². The summed E-state index contributed by atoms with van der Waals surface area (Å²) in [5, 5.41) is 0. The molecule has 0 N–H and O–H groups in total. The summed E-state index contributed by atoms with van der Waals surface area (Å²) in [6.07, 6.45) is 8.04. The van der Waals surface area contributed by atoms with Crippen LogP contribution in [0.4, 0.5) is 17.1 Å². The normalized spacial score (nSPS) is 31.0. The Hall–Kier alpha value is -4.30. The number of hydrogen-bond acceptors (Lipinski definition) is 2. The van der Waals surface area contributed by atoms with Gasteiger partial charge in [-0.3, -0.25) is 0 Å². The van der Waals surface area contributed by atoms with Gasteiger partial charge in [-0.15, -0.1) is 0 Å². The maximum absolute atomic E-state index is 7.16. The number of ether oxygens (including phenoxy) is 1. The van der Waals surface area contributed by atoms with E-state index in [1.807, 2.05) is 0 Å². The van der Waals surface area contributed by atoms with E-state index in [2.05, 4.69) is 148 Å². The molecule has 5 aliphatic carbocycles. The van der Waals surface area contributed by atoms with Crippen molar-refractivity contribution in [3.05, 3.63) is 138 Å². The lowest BCUT2D eigenvalue weighted by Crippen LogP contribution is -2.74. The van der Waals surface area contributed by atoms with Crippen LogP contribution in [0.2, 0.25) is 0 Å². The molecule has 0 saturated heterocycles. The minimum Gasteiger partial charge on any atom is -0.456 e. The third kappa shape index (κ3) is 3.51. The zero-order valence-corrected chi connectivity index (χ0v) is 29.9. The highest BCUT2D eigenvalue weighted by atomic mass is 16.5. The van der Waals surface area contributed by atoms with Gasteiger partial charge in [0.1, 0.15) is 11.5 Å². The molecule has 1 heterocycles. The van der Waals surface area contributed by atoms with E-state index in [4.69, 9.17) is 4.74 Å². The van der Waals surface area contributed by atoms with Crippen molar-refractivity contribution in [2.24, 2.45) is 29.1 Å². The van der Waals surface area contributed by atoms with E-state index >= 15 is 0 Å². The largest absolute Gasteiger partial charge is 0.456 e. The van der Waals surface area contributed by atoms with Gasteiger partial charge in [-0.2, -0.15) is 0 Å². The second-order valence-corrected chi connectivity index (χ2v) is 18.0. The van der Waals surface area contributed by atoms with E-state index in [9.17, 15) is 0 Å². The molecule has 1 aliphatic heterocycles. The van der Waals surface area contributed by atoms with Crippen LogP contribution in [0.15, 0.2) is 115 Å². The lowest BCUT2D eigenvalue weighted by Gasteiger charge is -2.77. The van der Waals surface area contributed by atoms with E-state index < -0.39 is 0 Å². The molecule has 50 heavy (non-hydrogen) atoms. The standard InChI is InChI=1S/C48H47NO/c1-45(2)23-24-46(3,4)43-36(45)18-12-20-39(43)49(33-15-9-6-10-16-33)34-21-22-40-38(28-34)48(41-26-30-25-32-27-42(48)47(32,41)29-30)37-19-11-17-35(44(37)50-40)31-13-7-5-8-14-31/h5-22,28,30,32,41-42H,23-27,29H2,1-4H3. The van der Waals surface area contributed by atoms with E-state index in [0.29, 0.717) is 17.3 Å². The van der Waals surface area contributed by atoms with Crippen LogP contribution in [0.3, 0.4) is 0 Å². The van der Waals surface area contributed by atoms with Crippen LogP contribution < -0.4 is 9.64 Å². The first-order valence-corrected chi connectivity index (χ1v) is 19.2. The van der Waals surface area contributed by atoms with Gasteiger partial charge in [0.25, 0.3) is 0 Å². The van der Waals surface area contributed by atoms with Gasteiger partial charge in [0.05, 0.1) is 5.69 Å². The van der Waals surface area contributed by atoms with E-state index in [1.165, 1.54) is 89.0 Å². The van der Waals surface area contributed by atoms with Crippen molar-refractivity contribution in [3.63, 3.8) is 0 Å². The van der Waals surface area contributed by atoms with Crippen LogP contribution in [0.25, 0.3) is 11.1 Å². The molecule has 250 valence electrons. The maximum Gasteiger partial charge on any atom is 0.139 e. The van der Waals surface area contributed by atoms with Gasteiger partial charge >= 0.3 is 0 Å². The van der Waals surface area contributed by atoms with Gasteiger partial charge in [0, 0.05) is 33.5 Å². The average molecular weight is 654 g/mol. The fourth-order valence-electron chi connectivity index (χ4n) is 13.0. The molecule has 5 aromatic carbocycles. The molecule has 0 aromatic heterocycles. The second kappa shape index (κ2) is 9.72. The molecule has 2 spiro atoms. The summed E-state index contributed by atoms with van der Waals surface area (Å²) in [6, 6.07) is 43.4. The van der Waals surface area contributed by atoms with Gasteiger partial charge in [-0.25, -0.2) is 0 Å². The summed E-state index contributed by atoms with van der Waals surface area (Å²) in [7, 11) is 0. The van der Waals surface area contributed by atoms with Crippen LogP contribution in [0.5, 0.6) is 11.5 Å². The monoisotopic (exact) mass is 653 g/mol. The number of hydrogen-bond donors (Lipinski definition) is 0. The highest BCUT2D eigenvalue weighted by Crippen LogP contribution is 2.89. The molecule has 2 nitrogen and oxygen atoms in total. The fraction of sp³-hybridized carbons (Fsp3) is 0.375. The Morgan fingerprint density at radius 1 is 0.620 bits per heavy atom. The average Bonchev–Trinajstić information content (AvgIpc) is 3.66. The number of nitrogens with zero attached hydrogens (tertiary/aromatic N) is 1. The molecule has 6 atom stereocenters. The minimum atomic E-state index is -0.00484. The van der Waals surface area contributed by atoms with E-state index in [1.54, 1.807) is 0 Å². The van der Waals surface area contributed by atoms with Gasteiger partial charge in [-0.1, -0.05) is 107 Å².